The molecule has 0 unspecified atom stereocenters. The van der Waals surface area contributed by atoms with Gasteiger partial charge in [0.1, 0.15) is 11.9 Å². The Bertz CT molecular complexity index is 641. The molecule has 0 aromatic carbocycles. The van der Waals surface area contributed by atoms with E-state index in [0.29, 0.717) is 32.0 Å². The highest BCUT2D eigenvalue weighted by molar-refractivity contribution is 5.75. The second-order valence-electron chi connectivity index (χ2n) is 7.68. The van der Waals surface area contributed by atoms with Gasteiger partial charge in [-0.3, -0.25) is 0 Å². The molecule has 2 rings (SSSR count). The third kappa shape index (κ3) is 6.38. The van der Waals surface area contributed by atoms with Crippen LogP contribution in [0.4, 0.5) is 9.59 Å². The molecule has 0 saturated carbocycles. The average Bonchev–Trinajstić information content (AvgIpc) is 3.04. The van der Waals surface area contributed by atoms with Crippen LogP contribution in [0.2, 0.25) is 0 Å². The van der Waals surface area contributed by atoms with E-state index >= 15 is 0 Å². The second kappa shape index (κ2) is 9.03. The second-order valence-corrected chi connectivity index (χ2v) is 7.68. The van der Waals surface area contributed by atoms with Crippen molar-refractivity contribution in [1.82, 2.24) is 35.2 Å². The van der Waals surface area contributed by atoms with E-state index in [4.69, 9.17) is 4.74 Å². The highest BCUT2D eigenvalue weighted by Crippen LogP contribution is 2.10. The van der Waals surface area contributed by atoms with E-state index in [2.05, 4.69) is 25.7 Å². The Morgan fingerprint density at radius 2 is 2.04 bits per heavy atom. The van der Waals surface area contributed by atoms with Crippen LogP contribution >= 0.6 is 0 Å². The van der Waals surface area contributed by atoms with Crippen molar-refractivity contribution in [2.75, 3.05) is 33.2 Å². The minimum absolute atomic E-state index is 0.139. The Labute approximate surface area is 160 Å². The number of piperazine rings is 1. The molecule has 1 atom stereocenters. The highest BCUT2D eigenvalue weighted by atomic mass is 16.6. The first kappa shape index (κ1) is 20.9. The van der Waals surface area contributed by atoms with Gasteiger partial charge in [0.25, 0.3) is 0 Å². The number of amides is 3. The Balaban J connectivity index is 1.91. The van der Waals surface area contributed by atoms with Crippen molar-refractivity contribution in [3.8, 4) is 0 Å². The normalized spacial score (nSPS) is 18.3. The van der Waals surface area contributed by atoms with E-state index in [0.717, 1.165) is 13.1 Å². The zero-order chi connectivity index (χ0) is 20.0. The number of hydrogen-bond donors (Lipinski definition) is 2. The molecule has 1 fully saturated rings. The minimum Gasteiger partial charge on any atom is -0.444 e. The van der Waals surface area contributed by atoms with Crippen molar-refractivity contribution in [3.63, 3.8) is 0 Å². The molecule has 0 aliphatic carbocycles. The molecule has 10 heteroatoms. The molecule has 2 heterocycles. The van der Waals surface area contributed by atoms with E-state index in [9.17, 15) is 9.59 Å². The molecule has 10 nitrogen and oxygen atoms in total. The maximum Gasteiger partial charge on any atom is 0.407 e. The van der Waals surface area contributed by atoms with E-state index in [1.807, 2.05) is 39.3 Å². The van der Waals surface area contributed by atoms with Gasteiger partial charge in [0.05, 0.1) is 12.6 Å². The fourth-order valence-electron chi connectivity index (χ4n) is 2.90. The van der Waals surface area contributed by atoms with Crippen molar-refractivity contribution < 1.29 is 14.3 Å². The third-order valence-electron chi connectivity index (χ3n) is 4.26. The third-order valence-corrected chi connectivity index (χ3v) is 4.26. The topological polar surface area (TPSA) is 105 Å². The van der Waals surface area contributed by atoms with Crippen molar-refractivity contribution in [2.24, 2.45) is 0 Å². The largest absolute Gasteiger partial charge is 0.444 e. The Morgan fingerprint density at radius 3 is 2.70 bits per heavy atom. The zero-order valence-electron chi connectivity index (χ0n) is 16.9. The lowest BCUT2D eigenvalue weighted by atomic mass is 10.2. The summed E-state index contributed by atoms with van der Waals surface area (Å²) in [6.45, 7) is 10.9. The molecule has 27 heavy (non-hydrogen) atoms. The molecule has 1 aliphatic rings. The van der Waals surface area contributed by atoms with Gasteiger partial charge in [-0.25, -0.2) is 9.59 Å². The highest BCUT2D eigenvalue weighted by Gasteiger charge is 2.30. The lowest BCUT2D eigenvalue weighted by Crippen LogP contribution is -2.60. The van der Waals surface area contributed by atoms with Crippen LogP contribution in [0.5, 0.6) is 0 Å². The number of aromatic nitrogens is 3. The number of alkyl carbamates (subject to hydrolysis) is 1. The van der Waals surface area contributed by atoms with E-state index < -0.39 is 11.7 Å². The number of rotatable bonds is 5. The number of ether oxygens (including phenoxy) is 1. The minimum atomic E-state index is -0.556. The van der Waals surface area contributed by atoms with Gasteiger partial charge in [0, 0.05) is 32.7 Å². The van der Waals surface area contributed by atoms with E-state index in [1.54, 1.807) is 11.2 Å². The van der Waals surface area contributed by atoms with Gasteiger partial charge < -0.3 is 29.7 Å². The predicted molar refractivity (Wildman–Crippen MR) is 100 cm³/mol. The van der Waals surface area contributed by atoms with Crippen LogP contribution in [-0.4, -0.2) is 81.6 Å². The molecule has 1 aromatic heterocycles. The molecule has 0 radical (unpaired) electrons. The number of likely N-dealkylation sites (N-methyl/N-ethyl adjacent to an activating group) is 1. The first-order valence-electron chi connectivity index (χ1n) is 9.26. The maximum absolute atomic E-state index is 12.7. The first-order chi connectivity index (χ1) is 12.7. The number of carbonyl (C=O) groups excluding carboxylic acids is 2. The maximum atomic E-state index is 12.7. The Hall–Kier alpha value is -2.36. The number of aryl methyl sites for hydroxylation is 1. The first-order valence-corrected chi connectivity index (χ1v) is 9.26. The zero-order valence-corrected chi connectivity index (χ0v) is 16.9. The summed E-state index contributed by atoms with van der Waals surface area (Å²) in [4.78, 5) is 28.5. The van der Waals surface area contributed by atoms with Crippen molar-refractivity contribution in [2.45, 2.75) is 52.4 Å². The number of nitrogens with one attached hydrogen (secondary N) is 2. The summed E-state index contributed by atoms with van der Waals surface area (Å²) in [7, 11) is 2.00. The van der Waals surface area contributed by atoms with Crippen LogP contribution in [-0.2, 0) is 17.8 Å². The Kier molecular flexibility index (Phi) is 7.00. The summed E-state index contributed by atoms with van der Waals surface area (Å²) in [5, 5.41) is 13.6. The monoisotopic (exact) mass is 381 g/mol. The van der Waals surface area contributed by atoms with Gasteiger partial charge in [0.2, 0.25) is 0 Å². The standard InChI is InChI=1S/C17H31N7O3/c1-6-23-12-20-21-14(23)10-18-15(25)24-8-7-22(5)11-13(24)9-19-16(26)27-17(2,3)4/h12-13H,6-11H2,1-5H3,(H,18,25)(H,19,26)/t13-/m1/s1. The van der Waals surface area contributed by atoms with Crippen LogP contribution < -0.4 is 10.6 Å². The molecule has 1 aliphatic heterocycles. The van der Waals surface area contributed by atoms with Crippen LogP contribution in [0.15, 0.2) is 6.33 Å². The van der Waals surface area contributed by atoms with Crippen LogP contribution in [0.3, 0.4) is 0 Å². The van der Waals surface area contributed by atoms with Crippen molar-refractivity contribution in [3.05, 3.63) is 12.2 Å². The Morgan fingerprint density at radius 1 is 1.30 bits per heavy atom. The molecule has 2 N–H and O–H groups in total. The fourth-order valence-corrected chi connectivity index (χ4v) is 2.90. The molecule has 0 spiro atoms. The van der Waals surface area contributed by atoms with Crippen molar-refractivity contribution in [1.29, 1.82) is 0 Å². The van der Waals surface area contributed by atoms with Crippen LogP contribution in [0, 0.1) is 0 Å². The van der Waals surface area contributed by atoms with Gasteiger partial charge in [-0.15, -0.1) is 10.2 Å². The lowest BCUT2D eigenvalue weighted by Gasteiger charge is -2.40. The molecule has 3 amide bonds. The summed E-state index contributed by atoms with van der Waals surface area (Å²) in [6.07, 6.45) is 1.16. The number of nitrogens with zero attached hydrogens (tertiary/aromatic N) is 5. The quantitative estimate of drug-likeness (QED) is 0.776. The molecule has 0 bridgehead atoms. The van der Waals surface area contributed by atoms with Crippen LogP contribution in [0.1, 0.15) is 33.5 Å². The lowest BCUT2D eigenvalue weighted by molar-refractivity contribution is 0.0486. The van der Waals surface area contributed by atoms with Gasteiger partial charge in [-0.05, 0) is 34.7 Å². The molecule has 1 saturated heterocycles. The summed E-state index contributed by atoms with van der Waals surface area (Å²) < 4.78 is 7.15. The smallest absolute Gasteiger partial charge is 0.407 e. The number of carbonyl (C=O) groups is 2. The average molecular weight is 381 g/mol. The summed E-state index contributed by atoms with van der Waals surface area (Å²) in [6, 6.07) is -0.315. The van der Waals surface area contributed by atoms with Crippen LogP contribution in [0.25, 0.3) is 0 Å². The molecule has 1 aromatic rings. The summed E-state index contributed by atoms with van der Waals surface area (Å²) >= 11 is 0. The van der Waals surface area contributed by atoms with Gasteiger partial charge in [-0.1, -0.05) is 0 Å². The van der Waals surface area contributed by atoms with Gasteiger partial charge in [0.15, 0.2) is 5.82 Å². The van der Waals surface area contributed by atoms with Gasteiger partial charge >= 0.3 is 12.1 Å². The SMILES string of the molecule is CCn1cnnc1CNC(=O)N1CCN(C)C[C@H]1CNC(=O)OC(C)(C)C. The van der Waals surface area contributed by atoms with E-state index in [1.165, 1.54) is 0 Å². The molecule has 152 valence electrons. The summed E-state index contributed by atoms with van der Waals surface area (Å²) in [5.74, 6) is 0.711. The number of urea groups is 1. The molecular formula is C17H31N7O3. The molecular weight excluding hydrogens is 350 g/mol. The van der Waals surface area contributed by atoms with Gasteiger partial charge in [-0.2, -0.15) is 0 Å². The van der Waals surface area contributed by atoms with E-state index in [-0.39, 0.29) is 12.1 Å². The van der Waals surface area contributed by atoms with Crippen molar-refractivity contribution >= 4 is 12.1 Å². The fraction of sp³-hybridized carbons (Fsp3) is 0.765. The number of hydrogen-bond acceptors (Lipinski definition) is 6. The predicted octanol–water partition coefficient (Wildman–Crippen LogP) is 0.648. The summed E-state index contributed by atoms with van der Waals surface area (Å²) in [5.41, 5.74) is -0.556.